The Kier molecular flexibility index (Phi) is 2.06. The van der Waals surface area contributed by atoms with Gasteiger partial charge in [-0.15, -0.1) is 0 Å². The second kappa shape index (κ2) is 3.02. The van der Waals surface area contributed by atoms with Gasteiger partial charge in [0, 0.05) is 37.3 Å². The third-order valence-corrected chi connectivity index (χ3v) is 2.62. The minimum atomic E-state index is -2.54. The first-order chi connectivity index (χ1) is 6.49. The van der Waals surface area contributed by atoms with E-state index >= 15 is 0 Å². The molecule has 1 heterocycles. The highest BCUT2D eigenvalue weighted by Crippen LogP contribution is 2.45. The molecule has 14 heavy (non-hydrogen) atoms. The average molecular weight is 201 g/mol. The summed E-state index contributed by atoms with van der Waals surface area (Å²) in [5.74, 6) is -2.54. The van der Waals surface area contributed by atoms with Gasteiger partial charge in [0.2, 0.25) is 0 Å². The smallest absolute Gasteiger partial charge is 0.251 e. The van der Waals surface area contributed by atoms with Crippen molar-refractivity contribution in [3.05, 3.63) is 18.5 Å². The lowest BCUT2D eigenvalue weighted by molar-refractivity contribution is -0.125. The predicted octanol–water partition coefficient (Wildman–Crippen LogP) is 1.40. The molecule has 5 heteroatoms. The van der Waals surface area contributed by atoms with Gasteiger partial charge in [0.1, 0.15) is 0 Å². The van der Waals surface area contributed by atoms with Crippen molar-refractivity contribution in [2.24, 2.45) is 5.73 Å². The minimum absolute atomic E-state index is 0.193. The summed E-state index contributed by atoms with van der Waals surface area (Å²) < 4.78 is 26.9. The van der Waals surface area contributed by atoms with Crippen LogP contribution in [-0.2, 0) is 6.54 Å². The molecule has 0 radical (unpaired) electrons. The first-order valence-corrected chi connectivity index (χ1v) is 4.63. The predicted molar refractivity (Wildman–Crippen MR) is 47.9 cm³/mol. The van der Waals surface area contributed by atoms with Gasteiger partial charge in [0.25, 0.3) is 5.92 Å². The molecule has 1 aromatic rings. The lowest BCUT2D eigenvalue weighted by Crippen LogP contribution is -2.58. The van der Waals surface area contributed by atoms with E-state index in [0.717, 1.165) is 0 Å². The highest BCUT2D eigenvalue weighted by Gasteiger charge is 2.53. The molecule has 1 aliphatic carbocycles. The molecule has 1 aromatic heterocycles. The molecule has 1 fully saturated rings. The van der Waals surface area contributed by atoms with Crippen LogP contribution in [0.25, 0.3) is 0 Å². The number of nitrogens with two attached hydrogens (primary N) is 1. The molecule has 2 N–H and O–H groups in total. The summed E-state index contributed by atoms with van der Waals surface area (Å²) in [6.45, 7) is 0.611. The molecule has 0 bridgehead atoms. The molecule has 1 aliphatic rings. The summed E-state index contributed by atoms with van der Waals surface area (Å²) in [4.78, 5) is 0. The SMILES string of the molecule is NC1(CCn2cccn2)CC(F)(F)C1. The largest absolute Gasteiger partial charge is 0.325 e. The zero-order valence-corrected chi connectivity index (χ0v) is 7.79. The van der Waals surface area contributed by atoms with E-state index in [-0.39, 0.29) is 12.8 Å². The number of alkyl halides is 2. The van der Waals surface area contributed by atoms with E-state index < -0.39 is 11.5 Å². The zero-order valence-electron chi connectivity index (χ0n) is 7.79. The highest BCUT2D eigenvalue weighted by atomic mass is 19.3. The summed E-state index contributed by atoms with van der Waals surface area (Å²) >= 11 is 0. The van der Waals surface area contributed by atoms with Crippen molar-refractivity contribution >= 4 is 0 Å². The molecule has 0 aromatic carbocycles. The van der Waals surface area contributed by atoms with Crippen LogP contribution < -0.4 is 5.73 Å². The van der Waals surface area contributed by atoms with Crippen LogP contribution in [0, 0.1) is 0 Å². The zero-order chi connectivity index (χ0) is 10.2. The molecule has 1 saturated carbocycles. The summed E-state index contributed by atoms with van der Waals surface area (Å²) in [5.41, 5.74) is 5.09. The molecule has 78 valence electrons. The van der Waals surface area contributed by atoms with Gasteiger partial charge in [-0.1, -0.05) is 0 Å². The maximum absolute atomic E-state index is 12.6. The Morgan fingerprint density at radius 3 is 2.64 bits per heavy atom. The van der Waals surface area contributed by atoms with Crippen LogP contribution >= 0.6 is 0 Å². The second-order valence-electron chi connectivity index (χ2n) is 4.09. The monoisotopic (exact) mass is 201 g/mol. The number of nitrogens with zero attached hydrogens (tertiary/aromatic N) is 2. The number of rotatable bonds is 3. The van der Waals surface area contributed by atoms with Gasteiger partial charge in [-0.3, -0.25) is 4.68 Å². The first-order valence-electron chi connectivity index (χ1n) is 4.63. The van der Waals surface area contributed by atoms with Crippen LogP contribution in [0.3, 0.4) is 0 Å². The number of aryl methyl sites for hydroxylation is 1. The van der Waals surface area contributed by atoms with E-state index in [1.165, 1.54) is 0 Å². The number of halogens is 2. The Morgan fingerprint density at radius 2 is 2.14 bits per heavy atom. The Labute approximate surface area is 80.9 Å². The maximum Gasteiger partial charge on any atom is 0.251 e. The van der Waals surface area contributed by atoms with Crippen LogP contribution in [0.2, 0.25) is 0 Å². The van der Waals surface area contributed by atoms with Crippen molar-refractivity contribution in [3.63, 3.8) is 0 Å². The van der Waals surface area contributed by atoms with Gasteiger partial charge in [-0.2, -0.15) is 5.10 Å². The van der Waals surface area contributed by atoms with Gasteiger partial charge in [0.05, 0.1) is 0 Å². The Hall–Kier alpha value is -0.970. The molecular weight excluding hydrogens is 188 g/mol. The molecule has 3 nitrogen and oxygen atoms in total. The standard InChI is InChI=1S/C9H13F2N3/c10-9(11)6-8(12,7-9)2-5-14-4-1-3-13-14/h1,3-4H,2,5-7,12H2. The van der Waals surface area contributed by atoms with Crippen LogP contribution in [0.4, 0.5) is 8.78 Å². The fraction of sp³-hybridized carbons (Fsp3) is 0.667. The van der Waals surface area contributed by atoms with Gasteiger partial charge in [0.15, 0.2) is 0 Å². The summed E-state index contributed by atoms with van der Waals surface area (Å²) in [7, 11) is 0. The fourth-order valence-electron chi connectivity index (χ4n) is 1.93. The van der Waals surface area contributed by atoms with E-state index in [1.807, 2.05) is 0 Å². The molecule has 0 amide bonds. The van der Waals surface area contributed by atoms with E-state index in [0.29, 0.717) is 13.0 Å². The van der Waals surface area contributed by atoms with E-state index in [9.17, 15) is 8.78 Å². The Balaban J connectivity index is 1.82. The van der Waals surface area contributed by atoms with Crippen molar-refractivity contribution < 1.29 is 8.78 Å². The first kappa shape index (κ1) is 9.58. The van der Waals surface area contributed by atoms with Gasteiger partial charge in [-0.25, -0.2) is 8.78 Å². The topological polar surface area (TPSA) is 43.8 Å². The molecule has 0 atom stereocenters. The van der Waals surface area contributed by atoms with Crippen molar-refractivity contribution in [2.75, 3.05) is 0 Å². The van der Waals surface area contributed by atoms with Crippen LogP contribution in [0.1, 0.15) is 19.3 Å². The molecule has 0 spiro atoms. The minimum Gasteiger partial charge on any atom is -0.325 e. The summed E-state index contributed by atoms with van der Waals surface area (Å²) in [6, 6.07) is 1.80. The van der Waals surface area contributed by atoms with E-state index in [1.54, 1.807) is 23.1 Å². The molecular formula is C9H13F2N3. The van der Waals surface area contributed by atoms with Crippen molar-refractivity contribution in [1.82, 2.24) is 9.78 Å². The lowest BCUT2D eigenvalue weighted by atomic mass is 9.72. The Bertz CT molecular complexity index is 300. The van der Waals surface area contributed by atoms with Gasteiger partial charge in [-0.05, 0) is 12.5 Å². The molecule has 0 unspecified atom stereocenters. The second-order valence-corrected chi connectivity index (χ2v) is 4.09. The maximum atomic E-state index is 12.6. The summed E-state index contributed by atoms with van der Waals surface area (Å²) in [6.07, 6.45) is 3.64. The normalized spacial score (nSPS) is 23.1. The Morgan fingerprint density at radius 1 is 1.43 bits per heavy atom. The van der Waals surface area contributed by atoms with Crippen LogP contribution in [0.5, 0.6) is 0 Å². The molecule has 0 aliphatic heterocycles. The number of aromatic nitrogens is 2. The van der Waals surface area contributed by atoms with Crippen LogP contribution in [0.15, 0.2) is 18.5 Å². The van der Waals surface area contributed by atoms with E-state index in [2.05, 4.69) is 5.10 Å². The highest BCUT2D eigenvalue weighted by molar-refractivity contribution is 5.03. The van der Waals surface area contributed by atoms with Crippen molar-refractivity contribution in [2.45, 2.75) is 37.3 Å². The fourth-order valence-corrected chi connectivity index (χ4v) is 1.93. The van der Waals surface area contributed by atoms with Crippen molar-refractivity contribution in [3.8, 4) is 0 Å². The van der Waals surface area contributed by atoms with Crippen molar-refractivity contribution in [1.29, 1.82) is 0 Å². The van der Waals surface area contributed by atoms with Gasteiger partial charge < -0.3 is 5.73 Å². The van der Waals surface area contributed by atoms with E-state index in [4.69, 9.17) is 5.73 Å². The average Bonchev–Trinajstić information content (AvgIpc) is 2.48. The van der Waals surface area contributed by atoms with Crippen LogP contribution in [-0.4, -0.2) is 21.2 Å². The van der Waals surface area contributed by atoms with Gasteiger partial charge >= 0.3 is 0 Å². The third-order valence-electron chi connectivity index (χ3n) is 2.62. The quantitative estimate of drug-likeness (QED) is 0.803. The molecule has 2 rings (SSSR count). The lowest BCUT2D eigenvalue weighted by Gasteiger charge is -2.44. The number of hydrogen-bond donors (Lipinski definition) is 1. The summed E-state index contributed by atoms with van der Waals surface area (Å²) in [5, 5.41) is 3.99. The third kappa shape index (κ3) is 1.92. The molecule has 0 saturated heterocycles. The number of hydrogen-bond acceptors (Lipinski definition) is 2.